The fourth-order valence-corrected chi connectivity index (χ4v) is 3.30. The Hall–Kier alpha value is -3.36. The van der Waals surface area contributed by atoms with Crippen LogP contribution >= 0.6 is 0 Å². The molecule has 1 aliphatic heterocycles. The highest BCUT2D eigenvalue weighted by molar-refractivity contribution is 6.06. The van der Waals surface area contributed by atoms with E-state index in [2.05, 4.69) is 25.5 Å². The molecule has 1 aromatic heterocycles. The minimum absolute atomic E-state index is 0.0971. The smallest absolute Gasteiger partial charge is 0.271 e. The number of anilines is 2. The zero-order valence-corrected chi connectivity index (χ0v) is 16.3. The van der Waals surface area contributed by atoms with E-state index in [9.17, 15) is 14.3 Å². The number of likely N-dealkylation sites (tertiary alicyclic amines) is 1. The molecule has 3 aromatic rings. The fraction of sp³-hybridized carbons (Fsp3) is 0.227. The van der Waals surface area contributed by atoms with Gasteiger partial charge in [0.15, 0.2) is 0 Å². The molecule has 7 nitrogen and oxygen atoms in total. The highest BCUT2D eigenvalue weighted by Gasteiger charge is 2.26. The van der Waals surface area contributed by atoms with Crippen LogP contribution in [-0.4, -0.2) is 51.6 Å². The van der Waals surface area contributed by atoms with Crippen LogP contribution in [0, 0.1) is 5.82 Å². The van der Waals surface area contributed by atoms with Gasteiger partial charge < -0.3 is 15.7 Å². The molecular weight excluding hydrogens is 385 g/mol. The van der Waals surface area contributed by atoms with E-state index in [1.807, 2.05) is 6.07 Å². The molecule has 0 bridgehead atoms. The van der Waals surface area contributed by atoms with Gasteiger partial charge in [0.25, 0.3) is 5.91 Å². The average Bonchev–Trinajstić information content (AvgIpc) is 2.74. The van der Waals surface area contributed by atoms with Crippen molar-refractivity contribution in [2.45, 2.75) is 12.5 Å². The Labute approximate surface area is 173 Å². The molecule has 1 fully saturated rings. The van der Waals surface area contributed by atoms with Gasteiger partial charge in [-0.2, -0.15) is 0 Å². The number of aliphatic hydroxyl groups is 1. The molecule has 1 atom stereocenters. The van der Waals surface area contributed by atoms with Crippen LogP contribution in [0.2, 0.25) is 0 Å². The minimum Gasteiger partial charge on any atom is -0.395 e. The first-order valence-corrected chi connectivity index (χ1v) is 9.71. The van der Waals surface area contributed by atoms with Crippen molar-refractivity contribution in [3.05, 3.63) is 72.6 Å². The standard InChI is InChI=1S/C22H22FN5O2/c23-16-1-3-17(4-2-16)26-21(8-10-28-9-7-19(28)13-29)22(30)27-18-5-6-20-15(11-18)12-24-14-25-20/h1-6,8,11-12,14,19,26,29H,7,9-10,13H2,(H,27,30). The summed E-state index contributed by atoms with van der Waals surface area (Å²) in [6, 6.07) is 11.3. The minimum atomic E-state index is -0.347. The number of nitrogens with one attached hydrogen (secondary N) is 2. The topological polar surface area (TPSA) is 90.4 Å². The van der Waals surface area contributed by atoms with Crippen molar-refractivity contribution in [1.29, 1.82) is 0 Å². The molecule has 4 rings (SSSR count). The second-order valence-corrected chi connectivity index (χ2v) is 7.12. The molecule has 154 valence electrons. The molecule has 0 aliphatic carbocycles. The molecule has 0 saturated carbocycles. The van der Waals surface area contributed by atoms with Crippen molar-refractivity contribution in [3.8, 4) is 0 Å². The molecule has 1 aliphatic rings. The molecule has 0 radical (unpaired) electrons. The number of carbonyl (C=O) groups excluding carboxylic acids is 1. The van der Waals surface area contributed by atoms with Crippen LogP contribution in [0.15, 0.2) is 66.8 Å². The molecule has 30 heavy (non-hydrogen) atoms. The number of aromatic nitrogens is 2. The second-order valence-electron chi connectivity index (χ2n) is 7.12. The summed E-state index contributed by atoms with van der Waals surface area (Å²) < 4.78 is 13.2. The average molecular weight is 407 g/mol. The first-order chi connectivity index (χ1) is 14.6. The van der Waals surface area contributed by atoms with Crippen LogP contribution in [0.25, 0.3) is 10.9 Å². The van der Waals surface area contributed by atoms with Gasteiger partial charge in [0.1, 0.15) is 17.8 Å². The molecule has 0 spiro atoms. The Bertz CT molecular complexity index is 1070. The van der Waals surface area contributed by atoms with Crippen molar-refractivity contribution in [1.82, 2.24) is 14.9 Å². The summed E-state index contributed by atoms with van der Waals surface area (Å²) in [6.45, 7) is 1.49. The van der Waals surface area contributed by atoms with Gasteiger partial charge >= 0.3 is 0 Å². The quantitative estimate of drug-likeness (QED) is 0.522. The molecule has 2 aromatic carbocycles. The van der Waals surface area contributed by atoms with Crippen LogP contribution in [0.4, 0.5) is 15.8 Å². The number of fused-ring (bicyclic) bond motifs is 1. The van der Waals surface area contributed by atoms with E-state index in [0.717, 1.165) is 23.9 Å². The summed E-state index contributed by atoms with van der Waals surface area (Å²) in [5, 5.41) is 16.1. The van der Waals surface area contributed by atoms with Crippen LogP contribution in [0.1, 0.15) is 6.42 Å². The molecule has 2 heterocycles. The summed E-state index contributed by atoms with van der Waals surface area (Å²) in [6.07, 6.45) is 5.88. The first kappa shape index (κ1) is 19.9. The van der Waals surface area contributed by atoms with Gasteiger partial charge in [-0.15, -0.1) is 0 Å². The number of rotatable bonds is 7. The van der Waals surface area contributed by atoms with Gasteiger partial charge in [-0.1, -0.05) is 0 Å². The van der Waals surface area contributed by atoms with Gasteiger partial charge in [-0.3, -0.25) is 9.69 Å². The first-order valence-electron chi connectivity index (χ1n) is 9.71. The fourth-order valence-electron chi connectivity index (χ4n) is 3.30. The predicted octanol–water partition coefficient (Wildman–Crippen LogP) is 2.77. The zero-order chi connectivity index (χ0) is 20.9. The van der Waals surface area contributed by atoms with Gasteiger partial charge in [0.05, 0.1) is 12.1 Å². The van der Waals surface area contributed by atoms with Crippen molar-refractivity contribution < 1.29 is 14.3 Å². The number of carbonyl (C=O) groups is 1. The number of amides is 1. The number of aliphatic hydroxyl groups excluding tert-OH is 1. The lowest BCUT2D eigenvalue weighted by molar-refractivity contribution is -0.112. The summed E-state index contributed by atoms with van der Waals surface area (Å²) in [5.41, 5.74) is 2.35. The molecule has 3 N–H and O–H groups in total. The number of hydrogen-bond acceptors (Lipinski definition) is 6. The highest BCUT2D eigenvalue weighted by atomic mass is 19.1. The molecule has 1 unspecified atom stereocenters. The number of hydrogen-bond donors (Lipinski definition) is 3. The van der Waals surface area contributed by atoms with E-state index < -0.39 is 0 Å². The summed E-state index contributed by atoms with van der Waals surface area (Å²) in [5.74, 6) is -0.670. The zero-order valence-electron chi connectivity index (χ0n) is 16.3. The predicted molar refractivity (Wildman–Crippen MR) is 113 cm³/mol. The summed E-state index contributed by atoms with van der Waals surface area (Å²) in [7, 11) is 0. The third-order valence-electron chi connectivity index (χ3n) is 5.14. The Balaban J connectivity index is 1.53. The van der Waals surface area contributed by atoms with Gasteiger partial charge in [-0.25, -0.2) is 14.4 Å². The highest BCUT2D eigenvalue weighted by Crippen LogP contribution is 2.20. The molecule has 1 saturated heterocycles. The van der Waals surface area contributed by atoms with E-state index in [1.54, 1.807) is 36.5 Å². The lowest BCUT2D eigenvalue weighted by atomic mass is 10.0. The van der Waals surface area contributed by atoms with Crippen LogP contribution in [0.3, 0.4) is 0 Å². The monoisotopic (exact) mass is 407 g/mol. The number of benzene rings is 2. The Morgan fingerprint density at radius 1 is 1.20 bits per heavy atom. The van der Waals surface area contributed by atoms with Crippen LogP contribution in [-0.2, 0) is 4.79 Å². The van der Waals surface area contributed by atoms with Gasteiger partial charge in [0.2, 0.25) is 0 Å². The molecular formula is C22H22FN5O2. The normalized spacial score (nSPS) is 16.9. The van der Waals surface area contributed by atoms with Crippen molar-refractivity contribution in [3.63, 3.8) is 0 Å². The maximum atomic E-state index is 13.2. The van der Waals surface area contributed by atoms with E-state index in [1.165, 1.54) is 18.5 Å². The number of halogens is 1. The van der Waals surface area contributed by atoms with E-state index in [4.69, 9.17) is 0 Å². The van der Waals surface area contributed by atoms with Crippen molar-refractivity contribution in [2.75, 3.05) is 30.3 Å². The molecule has 8 heteroatoms. The van der Waals surface area contributed by atoms with E-state index in [0.29, 0.717) is 23.6 Å². The summed E-state index contributed by atoms with van der Waals surface area (Å²) >= 11 is 0. The maximum absolute atomic E-state index is 13.2. The Morgan fingerprint density at radius 3 is 2.73 bits per heavy atom. The van der Waals surface area contributed by atoms with Crippen molar-refractivity contribution in [2.24, 2.45) is 0 Å². The SMILES string of the molecule is O=C(Nc1ccc2ncncc2c1)C(=CCN1CCC1CO)Nc1ccc(F)cc1. The Kier molecular flexibility index (Phi) is 5.97. The third kappa shape index (κ3) is 4.61. The van der Waals surface area contributed by atoms with Crippen molar-refractivity contribution >= 4 is 28.2 Å². The summed E-state index contributed by atoms with van der Waals surface area (Å²) in [4.78, 5) is 23.2. The second kappa shape index (κ2) is 8.98. The van der Waals surface area contributed by atoms with E-state index >= 15 is 0 Å². The van der Waals surface area contributed by atoms with Crippen LogP contribution in [0.5, 0.6) is 0 Å². The lowest BCUT2D eigenvalue weighted by Crippen LogP contribution is -2.49. The van der Waals surface area contributed by atoms with E-state index in [-0.39, 0.29) is 24.4 Å². The third-order valence-corrected chi connectivity index (χ3v) is 5.14. The largest absolute Gasteiger partial charge is 0.395 e. The van der Waals surface area contributed by atoms with Gasteiger partial charge in [-0.05, 0) is 55.0 Å². The maximum Gasteiger partial charge on any atom is 0.271 e. The molecule has 1 amide bonds. The Morgan fingerprint density at radius 2 is 2.00 bits per heavy atom. The van der Waals surface area contributed by atoms with Crippen LogP contribution < -0.4 is 10.6 Å². The number of nitrogens with zero attached hydrogens (tertiary/aromatic N) is 3. The lowest BCUT2D eigenvalue weighted by Gasteiger charge is -2.39. The van der Waals surface area contributed by atoms with Gasteiger partial charge in [0, 0.05) is 42.1 Å².